The molecule has 1 aromatic heterocycles. The molecule has 0 fully saturated rings. The molecule has 0 spiro atoms. The number of nitrogens with one attached hydrogen (secondary N) is 1. The molecule has 19 heavy (non-hydrogen) atoms. The minimum Gasteiger partial charge on any atom is -0.420 e. The first kappa shape index (κ1) is 11.8. The molecule has 1 aliphatic rings. The van der Waals surface area contributed by atoms with E-state index < -0.39 is 12.3 Å². The van der Waals surface area contributed by atoms with Gasteiger partial charge in [-0.1, -0.05) is 18.2 Å². The van der Waals surface area contributed by atoms with Crippen LogP contribution < -0.4 is 5.32 Å². The fourth-order valence-corrected chi connectivity index (χ4v) is 2.44. The summed E-state index contributed by atoms with van der Waals surface area (Å²) < 4.78 is 7.30. The van der Waals surface area contributed by atoms with E-state index in [2.05, 4.69) is 10.3 Å². The Kier molecular flexibility index (Phi) is 2.55. The molecule has 0 aliphatic carbocycles. The summed E-state index contributed by atoms with van der Waals surface area (Å²) in [6, 6.07) is 5.88. The Morgan fingerprint density at radius 3 is 2.79 bits per heavy atom. The van der Waals surface area contributed by atoms with Crippen molar-refractivity contribution >= 4 is 11.8 Å². The molecule has 5 heteroatoms. The van der Waals surface area contributed by atoms with E-state index in [-0.39, 0.29) is 0 Å². The van der Waals surface area contributed by atoms with Crippen LogP contribution in [-0.2, 0) is 4.74 Å². The van der Waals surface area contributed by atoms with Gasteiger partial charge >= 0.3 is 6.09 Å². The number of hydrogen-bond donors (Lipinski definition) is 1. The molecule has 1 aromatic carbocycles. The zero-order valence-corrected chi connectivity index (χ0v) is 11.1. The van der Waals surface area contributed by atoms with Crippen molar-refractivity contribution in [1.82, 2.24) is 9.55 Å². The number of anilines is 1. The normalized spacial score (nSPS) is 17.6. The summed E-state index contributed by atoms with van der Waals surface area (Å²) in [7, 11) is 0. The lowest BCUT2D eigenvalue weighted by Gasteiger charge is -2.28. The zero-order valence-electron chi connectivity index (χ0n) is 11.1. The van der Waals surface area contributed by atoms with Gasteiger partial charge in [0.05, 0.1) is 11.4 Å². The van der Waals surface area contributed by atoms with E-state index in [1.165, 1.54) is 0 Å². The van der Waals surface area contributed by atoms with Crippen LogP contribution in [0.3, 0.4) is 0 Å². The van der Waals surface area contributed by atoms with Gasteiger partial charge in [0, 0.05) is 11.8 Å². The second kappa shape index (κ2) is 4.12. The third-order valence-corrected chi connectivity index (χ3v) is 3.31. The van der Waals surface area contributed by atoms with Crippen LogP contribution in [-0.4, -0.2) is 15.6 Å². The number of ether oxygens (including phenoxy) is 1. The third kappa shape index (κ3) is 1.87. The minimum absolute atomic E-state index is 0.433. The molecule has 0 radical (unpaired) electrons. The van der Waals surface area contributed by atoms with E-state index >= 15 is 0 Å². The average Bonchev–Trinajstić information content (AvgIpc) is 2.69. The minimum atomic E-state index is -0.454. The van der Waals surface area contributed by atoms with Crippen LogP contribution in [0.4, 0.5) is 10.5 Å². The second-order valence-corrected chi connectivity index (χ2v) is 4.76. The molecule has 0 saturated heterocycles. The highest BCUT2D eigenvalue weighted by molar-refractivity contribution is 5.89. The summed E-state index contributed by atoms with van der Waals surface area (Å²) >= 11 is 0. The molecule has 0 saturated carbocycles. The van der Waals surface area contributed by atoms with Gasteiger partial charge in [-0.3, -0.25) is 9.88 Å². The first-order valence-electron chi connectivity index (χ1n) is 6.15. The monoisotopic (exact) mass is 257 g/mol. The molecule has 1 N–H and O–H groups in total. The Balaban J connectivity index is 2.16. The van der Waals surface area contributed by atoms with Crippen molar-refractivity contribution < 1.29 is 9.53 Å². The lowest BCUT2D eigenvalue weighted by molar-refractivity contribution is 0.0872. The Labute approximate surface area is 111 Å². The summed E-state index contributed by atoms with van der Waals surface area (Å²) in [4.78, 5) is 16.1. The number of cyclic esters (lactones) is 1. The summed E-state index contributed by atoms with van der Waals surface area (Å²) in [6.07, 6.45) is 1.01. The Morgan fingerprint density at radius 2 is 2.11 bits per heavy atom. The first-order valence-corrected chi connectivity index (χ1v) is 6.15. The van der Waals surface area contributed by atoms with E-state index in [1.807, 2.05) is 49.7 Å². The number of aromatic nitrogens is 2. The van der Waals surface area contributed by atoms with Crippen molar-refractivity contribution in [1.29, 1.82) is 0 Å². The van der Waals surface area contributed by atoms with Crippen molar-refractivity contribution in [2.24, 2.45) is 0 Å². The summed E-state index contributed by atoms with van der Waals surface area (Å²) in [5.74, 6) is 0.824. The molecule has 3 rings (SSSR count). The van der Waals surface area contributed by atoms with Gasteiger partial charge in [-0.2, -0.15) is 0 Å². The molecule has 2 heterocycles. The van der Waals surface area contributed by atoms with E-state index in [0.29, 0.717) is 0 Å². The lowest BCUT2D eigenvalue weighted by Crippen LogP contribution is -2.29. The average molecular weight is 257 g/mol. The highest BCUT2D eigenvalue weighted by Crippen LogP contribution is 2.34. The third-order valence-electron chi connectivity index (χ3n) is 3.31. The van der Waals surface area contributed by atoms with Crippen molar-refractivity contribution in [2.75, 3.05) is 5.32 Å². The number of aryl methyl sites for hydroxylation is 3. The van der Waals surface area contributed by atoms with Crippen LogP contribution in [0.2, 0.25) is 0 Å². The highest BCUT2D eigenvalue weighted by atomic mass is 16.6. The maximum Gasteiger partial charge on any atom is 0.413 e. The number of para-hydroxylation sites is 1. The quantitative estimate of drug-likeness (QED) is 0.854. The smallest absolute Gasteiger partial charge is 0.413 e. The molecular formula is C14H15N3O2. The number of carbonyl (C=O) groups is 1. The van der Waals surface area contributed by atoms with Gasteiger partial charge in [-0.15, -0.1) is 0 Å². The van der Waals surface area contributed by atoms with Crippen LogP contribution in [0.1, 0.15) is 28.9 Å². The maximum absolute atomic E-state index is 11.7. The second-order valence-electron chi connectivity index (χ2n) is 4.76. The Bertz CT molecular complexity index is 661. The SMILES string of the molecule is Cc1cn(C2OC(=O)Nc3c(C)cccc32)c(C)n1. The van der Waals surface area contributed by atoms with Crippen LogP contribution in [0.5, 0.6) is 0 Å². The van der Waals surface area contributed by atoms with E-state index in [4.69, 9.17) is 4.74 Å². The number of nitrogens with zero attached hydrogens (tertiary/aromatic N) is 2. The van der Waals surface area contributed by atoms with Crippen molar-refractivity contribution in [3.8, 4) is 0 Å². The molecule has 5 nitrogen and oxygen atoms in total. The summed E-state index contributed by atoms with van der Waals surface area (Å²) in [6.45, 7) is 5.79. The molecule has 2 aromatic rings. The number of amides is 1. The Hall–Kier alpha value is -2.30. The van der Waals surface area contributed by atoms with Crippen molar-refractivity contribution in [2.45, 2.75) is 27.0 Å². The van der Waals surface area contributed by atoms with Gasteiger partial charge in [-0.05, 0) is 26.3 Å². The van der Waals surface area contributed by atoms with E-state index in [1.54, 1.807) is 0 Å². The lowest BCUT2D eigenvalue weighted by atomic mass is 10.1. The topological polar surface area (TPSA) is 56.1 Å². The number of carbonyl (C=O) groups excluding carboxylic acids is 1. The van der Waals surface area contributed by atoms with Gasteiger partial charge in [0.15, 0.2) is 0 Å². The number of fused-ring (bicyclic) bond motifs is 1. The molecule has 98 valence electrons. The number of hydrogen-bond acceptors (Lipinski definition) is 3. The predicted octanol–water partition coefficient (Wildman–Crippen LogP) is 2.92. The van der Waals surface area contributed by atoms with Gasteiger partial charge in [0.25, 0.3) is 0 Å². The van der Waals surface area contributed by atoms with Gasteiger partial charge in [-0.25, -0.2) is 9.78 Å². The van der Waals surface area contributed by atoms with Crippen molar-refractivity contribution in [3.05, 3.63) is 47.0 Å². The largest absolute Gasteiger partial charge is 0.420 e. The number of imidazole rings is 1. The van der Waals surface area contributed by atoms with Crippen LogP contribution in [0.15, 0.2) is 24.4 Å². The van der Waals surface area contributed by atoms with Crippen LogP contribution in [0.25, 0.3) is 0 Å². The summed E-state index contributed by atoms with van der Waals surface area (Å²) in [5, 5.41) is 2.76. The van der Waals surface area contributed by atoms with Gasteiger partial charge in [0.1, 0.15) is 5.82 Å². The Morgan fingerprint density at radius 1 is 1.32 bits per heavy atom. The molecule has 1 aliphatic heterocycles. The van der Waals surface area contributed by atoms with E-state index in [0.717, 1.165) is 28.3 Å². The standard InChI is InChI=1S/C14H15N3O2/c1-8-5-4-6-11-12(8)16-14(18)19-13(11)17-7-9(2)15-10(17)3/h4-7,13H,1-3H3,(H,16,18). The molecule has 1 atom stereocenters. The number of rotatable bonds is 1. The van der Waals surface area contributed by atoms with E-state index in [9.17, 15) is 4.79 Å². The van der Waals surface area contributed by atoms with Crippen LogP contribution in [0, 0.1) is 20.8 Å². The fourth-order valence-electron chi connectivity index (χ4n) is 2.44. The van der Waals surface area contributed by atoms with Gasteiger partial charge < -0.3 is 4.74 Å². The zero-order chi connectivity index (χ0) is 13.6. The first-order chi connectivity index (χ1) is 9.06. The van der Waals surface area contributed by atoms with Crippen LogP contribution >= 0.6 is 0 Å². The molecule has 1 amide bonds. The molecular weight excluding hydrogens is 242 g/mol. The number of benzene rings is 1. The predicted molar refractivity (Wildman–Crippen MR) is 71.1 cm³/mol. The summed E-state index contributed by atoms with van der Waals surface area (Å²) in [5.41, 5.74) is 3.70. The molecule has 1 unspecified atom stereocenters. The molecule has 0 bridgehead atoms. The highest BCUT2D eigenvalue weighted by Gasteiger charge is 2.29. The van der Waals surface area contributed by atoms with Crippen molar-refractivity contribution in [3.63, 3.8) is 0 Å². The fraction of sp³-hybridized carbons (Fsp3) is 0.286. The maximum atomic E-state index is 11.7. The van der Waals surface area contributed by atoms with Gasteiger partial charge in [0.2, 0.25) is 6.23 Å².